The van der Waals surface area contributed by atoms with Crippen molar-refractivity contribution in [3.8, 4) is 5.69 Å². The molecule has 1 saturated carbocycles. The van der Waals surface area contributed by atoms with E-state index in [1.165, 1.54) is 0 Å². The maximum absolute atomic E-state index is 6.52. The van der Waals surface area contributed by atoms with Crippen molar-refractivity contribution in [2.75, 3.05) is 11.4 Å². The van der Waals surface area contributed by atoms with Gasteiger partial charge in [-0.15, -0.1) is 0 Å². The molecule has 1 aliphatic heterocycles. The number of halogens is 2. The van der Waals surface area contributed by atoms with Gasteiger partial charge in [-0.2, -0.15) is 0 Å². The highest BCUT2D eigenvalue weighted by Gasteiger charge is 2.65. The van der Waals surface area contributed by atoms with Crippen LogP contribution in [0.5, 0.6) is 0 Å². The van der Waals surface area contributed by atoms with Gasteiger partial charge in [0, 0.05) is 36.4 Å². The Morgan fingerprint density at radius 1 is 1.23 bits per heavy atom. The molecule has 6 heteroatoms. The summed E-state index contributed by atoms with van der Waals surface area (Å²) in [6, 6.07) is 6.41. The predicted molar refractivity (Wildman–Crippen MR) is 106 cm³/mol. The molecule has 3 aromatic rings. The fourth-order valence-electron chi connectivity index (χ4n) is 4.93. The number of benzene rings is 1. The molecule has 5 rings (SSSR count). The number of aromatic nitrogens is 3. The Kier molecular flexibility index (Phi) is 3.38. The van der Waals surface area contributed by atoms with E-state index in [1.54, 1.807) is 12.5 Å². The predicted octanol–water partition coefficient (Wildman–Crippen LogP) is 5.21. The zero-order chi connectivity index (χ0) is 18.2. The van der Waals surface area contributed by atoms with E-state index in [-0.39, 0.29) is 0 Å². The normalized spacial score (nSPS) is 26.3. The van der Waals surface area contributed by atoms with Crippen LogP contribution in [0.4, 0.5) is 5.82 Å². The summed E-state index contributed by atoms with van der Waals surface area (Å²) >= 11 is 12.8. The molecule has 134 valence electrons. The summed E-state index contributed by atoms with van der Waals surface area (Å²) in [5.74, 6) is 2.42. The molecule has 2 fully saturated rings. The molecule has 1 aromatic carbocycles. The molecular formula is C20H20Cl2N4. The van der Waals surface area contributed by atoms with E-state index in [0.29, 0.717) is 21.5 Å². The van der Waals surface area contributed by atoms with Gasteiger partial charge in [-0.1, -0.05) is 37.0 Å². The average molecular weight is 387 g/mol. The van der Waals surface area contributed by atoms with Gasteiger partial charge in [0.1, 0.15) is 5.82 Å². The highest BCUT2D eigenvalue weighted by molar-refractivity contribution is 6.45. The van der Waals surface area contributed by atoms with E-state index in [4.69, 9.17) is 28.2 Å². The minimum absolute atomic E-state index is 0.445. The zero-order valence-corrected chi connectivity index (χ0v) is 16.5. The largest absolute Gasteiger partial charge is 0.353 e. The summed E-state index contributed by atoms with van der Waals surface area (Å²) in [7, 11) is 0. The van der Waals surface area contributed by atoms with E-state index in [9.17, 15) is 0 Å². The van der Waals surface area contributed by atoms with Gasteiger partial charge < -0.3 is 9.47 Å². The quantitative estimate of drug-likeness (QED) is 0.606. The number of fused-ring (bicyclic) bond motifs is 2. The van der Waals surface area contributed by atoms with Crippen LogP contribution in [-0.4, -0.2) is 27.1 Å². The van der Waals surface area contributed by atoms with E-state index in [2.05, 4.69) is 36.7 Å². The molecule has 4 nitrogen and oxygen atoms in total. The summed E-state index contributed by atoms with van der Waals surface area (Å²) in [5, 5.41) is 2.00. The minimum Gasteiger partial charge on any atom is -0.353 e. The van der Waals surface area contributed by atoms with Gasteiger partial charge in [-0.3, -0.25) is 0 Å². The number of pyridine rings is 1. The lowest BCUT2D eigenvalue weighted by atomic mass is 10.0. The Labute approximate surface area is 162 Å². The van der Waals surface area contributed by atoms with E-state index in [1.807, 2.05) is 22.9 Å². The van der Waals surface area contributed by atoms with Crippen molar-refractivity contribution in [1.29, 1.82) is 0 Å². The first kappa shape index (κ1) is 16.4. The standard InChI is InChI=1S/C20H20Cl2N4/c1-11-17-13(20(17,2)3)9-26(11)16-8-15(25-7-6-23-10-25)12-4-5-14(21)18(22)19(12)24-16/h4-8,10-11,13,17H,9H2,1-3H3/t11-,13+,17-/m1/s1. The van der Waals surface area contributed by atoms with Crippen LogP contribution in [0.3, 0.4) is 0 Å². The Morgan fingerprint density at radius 2 is 2.04 bits per heavy atom. The van der Waals surface area contributed by atoms with Crippen LogP contribution >= 0.6 is 23.2 Å². The number of anilines is 1. The Bertz CT molecular complexity index is 1010. The zero-order valence-electron chi connectivity index (χ0n) is 14.9. The van der Waals surface area contributed by atoms with Crippen molar-refractivity contribution in [1.82, 2.24) is 14.5 Å². The first-order chi connectivity index (χ1) is 12.4. The summed E-state index contributed by atoms with van der Waals surface area (Å²) in [6.07, 6.45) is 5.52. The molecule has 0 unspecified atom stereocenters. The van der Waals surface area contributed by atoms with Crippen LogP contribution < -0.4 is 4.90 Å². The summed E-state index contributed by atoms with van der Waals surface area (Å²) in [4.78, 5) is 11.5. The van der Waals surface area contributed by atoms with Gasteiger partial charge in [-0.25, -0.2) is 9.97 Å². The number of hydrogen-bond acceptors (Lipinski definition) is 3. The first-order valence-electron chi connectivity index (χ1n) is 8.93. The lowest BCUT2D eigenvalue weighted by molar-refractivity contribution is 0.451. The van der Waals surface area contributed by atoms with Crippen molar-refractivity contribution < 1.29 is 0 Å². The van der Waals surface area contributed by atoms with Gasteiger partial charge in [0.15, 0.2) is 0 Å². The van der Waals surface area contributed by atoms with E-state index >= 15 is 0 Å². The summed E-state index contributed by atoms with van der Waals surface area (Å²) in [5.41, 5.74) is 2.21. The molecule has 0 radical (unpaired) electrons. The lowest BCUT2D eigenvalue weighted by Gasteiger charge is -2.30. The summed E-state index contributed by atoms with van der Waals surface area (Å²) < 4.78 is 2.00. The molecule has 3 atom stereocenters. The van der Waals surface area contributed by atoms with Gasteiger partial charge in [0.05, 0.1) is 27.6 Å². The monoisotopic (exact) mass is 386 g/mol. The van der Waals surface area contributed by atoms with Gasteiger partial charge in [0.2, 0.25) is 0 Å². The van der Waals surface area contributed by atoms with Gasteiger partial charge >= 0.3 is 0 Å². The lowest BCUT2D eigenvalue weighted by Crippen LogP contribution is -2.34. The molecule has 3 heterocycles. The van der Waals surface area contributed by atoms with Crippen molar-refractivity contribution in [2.24, 2.45) is 17.3 Å². The van der Waals surface area contributed by atoms with Crippen molar-refractivity contribution in [3.63, 3.8) is 0 Å². The third-order valence-corrected chi connectivity index (χ3v) is 7.25. The maximum atomic E-state index is 6.52. The number of rotatable bonds is 2. The third-order valence-electron chi connectivity index (χ3n) is 6.46. The molecule has 2 aliphatic rings. The number of nitrogens with zero attached hydrogens (tertiary/aromatic N) is 4. The fraction of sp³-hybridized carbons (Fsp3) is 0.400. The maximum Gasteiger partial charge on any atom is 0.131 e. The van der Waals surface area contributed by atoms with Crippen LogP contribution in [0.25, 0.3) is 16.6 Å². The fourth-order valence-corrected chi connectivity index (χ4v) is 5.29. The van der Waals surface area contributed by atoms with Gasteiger partial charge in [0.25, 0.3) is 0 Å². The van der Waals surface area contributed by atoms with Crippen LogP contribution in [-0.2, 0) is 0 Å². The summed E-state index contributed by atoms with van der Waals surface area (Å²) in [6.45, 7) is 8.09. The highest BCUT2D eigenvalue weighted by Crippen LogP contribution is 2.65. The highest BCUT2D eigenvalue weighted by atomic mass is 35.5. The van der Waals surface area contributed by atoms with Crippen LogP contribution in [0.15, 0.2) is 36.9 Å². The van der Waals surface area contributed by atoms with Crippen LogP contribution in [0.1, 0.15) is 20.8 Å². The SMILES string of the molecule is C[C@@H]1[C@@H]2[C@H](CN1c1cc(-n3ccnc3)c3ccc(Cl)c(Cl)c3n1)C2(C)C. The number of imidazole rings is 1. The molecule has 2 aromatic heterocycles. The Balaban J connectivity index is 1.69. The third kappa shape index (κ3) is 2.15. The molecule has 0 N–H and O–H groups in total. The topological polar surface area (TPSA) is 34.0 Å². The number of piperidine rings is 1. The second kappa shape index (κ2) is 5.37. The molecular weight excluding hydrogens is 367 g/mol. The molecule has 0 amide bonds. The van der Waals surface area contributed by atoms with Crippen molar-refractivity contribution >= 4 is 39.9 Å². The minimum atomic E-state index is 0.445. The smallest absolute Gasteiger partial charge is 0.131 e. The molecule has 1 saturated heterocycles. The molecule has 26 heavy (non-hydrogen) atoms. The Hall–Kier alpha value is -1.78. The van der Waals surface area contributed by atoms with E-state index < -0.39 is 0 Å². The Morgan fingerprint density at radius 3 is 2.69 bits per heavy atom. The van der Waals surface area contributed by atoms with E-state index in [0.717, 1.165) is 40.8 Å². The van der Waals surface area contributed by atoms with Crippen molar-refractivity contribution in [3.05, 3.63) is 47.0 Å². The average Bonchev–Trinajstić information content (AvgIpc) is 3.04. The second-order valence-corrected chi connectivity index (χ2v) is 8.86. The van der Waals surface area contributed by atoms with Crippen molar-refractivity contribution in [2.45, 2.75) is 26.8 Å². The molecule has 0 bridgehead atoms. The second-order valence-electron chi connectivity index (χ2n) is 8.07. The van der Waals surface area contributed by atoms with Gasteiger partial charge in [-0.05, 0) is 36.3 Å². The van der Waals surface area contributed by atoms with Crippen LogP contribution in [0, 0.1) is 17.3 Å². The first-order valence-corrected chi connectivity index (χ1v) is 9.69. The number of hydrogen-bond donors (Lipinski definition) is 0. The molecule has 0 spiro atoms. The van der Waals surface area contributed by atoms with Crippen LogP contribution in [0.2, 0.25) is 10.0 Å². The molecule has 1 aliphatic carbocycles.